The van der Waals surface area contributed by atoms with Crippen molar-refractivity contribution in [3.05, 3.63) is 42.4 Å². The van der Waals surface area contributed by atoms with Gasteiger partial charge in [-0.1, -0.05) is 13.0 Å². The molecule has 0 radical (unpaired) electrons. The molecule has 0 N–H and O–H groups in total. The fourth-order valence-electron chi connectivity index (χ4n) is 4.17. The molecule has 2 aromatic heterocycles. The van der Waals surface area contributed by atoms with Gasteiger partial charge in [0, 0.05) is 49.9 Å². The minimum Gasteiger partial charge on any atom is -0.477 e. The molecule has 0 aromatic carbocycles. The van der Waals surface area contributed by atoms with Gasteiger partial charge in [0.1, 0.15) is 0 Å². The van der Waals surface area contributed by atoms with Gasteiger partial charge >= 0.3 is 0 Å². The Bertz CT molecular complexity index is 715. The van der Waals surface area contributed by atoms with E-state index < -0.39 is 0 Å². The largest absolute Gasteiger partial charge is 0.477 e. The van der Waals surface area contributed by atoms with Crippen LogP contribution in [0.15, 0.2) is 36.8 Å². The minimum atomic E-state index is 0.609. The summed E-state index contributed by atoms with van der Waals surface area (Å²) in [6.07, 6.45) is 10.7. The molecule has 1 atom stereocenters. The van der Waals surface area contributed by atoms with Crippen LogP contribution < -0.4 is 9.64 Å². The molecule has 6 nitrogen and oxygen atoms in total. The van der Waals surface area contributed by atoms with Gasteiger partial charge in [-0.3, -0.25) is 4.90 Å². The third-order valence-electron chi connectivity index (χ3n) is 5.85. The van der Waals surface area contributed by atoms with E-state index in [9.17, 15) is 0 Å². The van der Waals surface area contributed by atoms with Crippen LogP contribution in [-0.4, -0.2) is 52.6 Å². The highest BCUT2D eigenvalue weighted by Crippen LogP contribution is 2.22. The SMILES string of the molecule is CC1CCCN(c2ncc(CN3CCC(COc4ccccn4)CC3)cn2)C1. The molecular weight excluding hydrogens is 350 g/mol. The number of rotatable bonds is 6. The number of ether oxygens (including phenoxy) is 1. The van der Waals surface area contributed by atoms with Crippen molar-refractivity contribution in [1.29, 1.82) is 0 Å². The first-order valence-corrected chi connectivity index (χ1v) is 10.6. The summed E-state index contributed by atoms with van der Waals surface area (Å²) in [5.41, 5.74) is 1.21. The van der Waals surface area contributed by atoms with E-state index in [0.29, 0.717) is 5.92 Å². The maximum Gasteiger partial charge on any atom is 0.225 e. The summed E-state index contributed by atoms with van der Waals surface area (Å²) < 4.78 is 5.82. The Morgan fingerprint density at radius 1 is 1.04 bits per heavy atom. The number of hydrogen-bond acceptors (Lipinski definition) is 6. The number of nitrogens with zero attached hydrogens (tertiary/aromatic N) is 5. The van der Waals surface area contributed by atoms with Gasteiger partial charge in [-0.15, -0.1) is 0 Å². The molecule has 2 fully saturated rings. The molecular formula is C22H31N5O. The summed E-state index contributed by atoms with van der Waals surface area (Å²) in [5, 5.41) is 0. The summed E-state index contributed by atoms with van der Waals surface area (Å²) in [4.78, 5) is 18.3. The summed E-state index contributed by atoms with van der Waals surface area (Å²) in [6, 6.07) is 5.79. The van der Waals surface area contributed by atoms with Crippen molar-refractivity contribution >= 4 is 5.95 Å². The van der Waals surface area contributed by atoms with E-state index in [1.165, 1.54) is 18.4 Å². The number of likely N-dealkylation sites (tertiary alicyclic amines) is 1. The van der Waals surface area contributed by atoms with E-state index >= 15 is 0 Å². The summed E-state index contributed by atoms with van der Waals surface area (Å²) in [7, 11) is 0. The van der Waals surface area contributed by atoms with Crippen molar-refractivity contribution in [3.8, 4) is 5.88 Å². The molecule has 28 heavy (non-hydrogen) atoms. The maximum absolute atomic E-state index is 5.82. The van der Waals surface area contributed by atoms with E-state index in [0.717, 1.165) is 69.9 Å². The van der Waals surface area contributed by atoms with E-state index in [-0.39, 0.29) is 0 Å². The second kappa shape index (κ2) is 9.32. The number of anilines is 1. The molecule has 2 aliphatic heterocycles. The maximum atomic E-state index is 5.82. The highest BCUT2D eigenvalue weighted by molar-refractivity contribution is 5.30. The molecule has 4 heterocycles. The normalized spacial score (nSPS) is 21.6. The Balaban J connectivity index is 1.21. The van der Waals surface area contributed by atoms with Gasteiger partial charge in [0.2, 0.25) is 11.8 Å². The lowest BCUT2D eigenvalue weighted by atomic mass is 9.97. The van der Waals surface area contributed by atoms with Crippen molar-refractivity contribution in [3.63, 3.8) is 0 Å². The Labute approximate surface area is 168 Å². The summed E-state index contributed by atoms with van der Waals surface area (Å²) in [6.45, 7) is 8.36. The molecule has 0 aliphatic carbocycles. The summed E-state index contributed by atoms with van der Waals surface area (Å²) >= 11 is 0. The number of aromatic nitrogens is 3. The first-order chi connectivity index (χ1) is 13.8. The predicted molar refractivity (Wildman–Crippen MR) is 110 cm³/mol. The van der Waals surface area contributed by atoms with E-state index in [1.807, 2.05) is 30.6 Å². The second-order valence-electron chi connectivity index (χ2n) is 8.28. The lowest BCUT2D eigenvalue weighted by molar-refractivity contribution is 0.134. The molecule has 2 saturated heterocycles. The van der Waals surface area contributed by atoms with E-state index in [1.54, 1.807) is 6.20 Å². The standard InChI is InChI=1S/C22H31N5O/c1-18-5-4-10-27(15-18)22-24-13-20(14-25-22)16-26-11-7-19(8-12-26)17-28-21-6-2-3-9-23-21/h2-3,6,9,13-14,18-19H,4-5,7-8,10-12,15-17H2,1H3. The molecule has 2 aliphatic rings. The molecule has 0 spiro atoms. The van der Waals surface area contributed by atoms with Gasteiger partial charge in [-0.05, 0) is 56.7 Å². The van der Waals surface area contributed by atoms with Crippen molar-refractivity contribution in [2.45, 2.75) is 39.2 Å². The van der Waals surface area contributed by atoms with Crippen molar-refractivity contribution in [2.24, 2.45) is 11.8 Å². The third kappa shape index (κ3) is 5.19. The first-order valence-electron chi connectivity index (χ1n) is 10.6. The predicted octanol–water partition coefficient (Wildman–Crippen LogP) is 3.40. The van der Waals surface area contributed by atoms with Crippen LogP contribution in [0.4, 0.5) is 5.95 Å². The van der Waals surface area contributed by atoms with Gasteiger partial charge in [-0.25, -0.2) is 15.0 Å². The highest BCUT2D eigenvalue weighted by Gasteiger charge is 2.21. The topological polar surface area (TPSA) is 54.4 Å². The van der Waals surface area contributed by atoms with Gasteiger partial charge < -0.3 is 9.64 Å². The Morgan fingerprint density at radius 2 is 1.86 bits per heavy atom. The smallest absolute Gasteiger partial charge is 0.225 e. The fraction of sp³-hybridized carbons (Fsp3) is 0.591. The lowest BCUT2D eigenvalue weighted by Gasteiger charge is -2.32. The van der Waals surface area contributed by atoms with E-state index in [4.69, 9.17) is 4.74 Å². The van der Waals surface area contributed by atoms with Crippen LogP contribution in [0.25, 0.3) is 0 Å². The van der Waals surface area contributed by atoms with Crippen LogP contribution in [0.5, 0.6) is 5.88 Å². The number of piperidine rings is 2. The minimum absolute atomic E-state index is 0.609. The van der Waals surface area contributed by atoms with Crippen LogP contribution in [-0.2, 0) is 6.54 Å². The molecule has 0 amide bonds. The van der Waals surface area contributed by atoms with Gasteiger partial charge in [0.05, 0.1) is 6.61 Å². The average Bonchev–Trinajstić information content (AvgIpc) is 2.75. The molecule has 0 bridgehead atoms. The Kier molecular flexibility index (Phi) is 6.37. The van der Waals surface area contributed by atoms with Crippen molar-refractivity contribution < 1.29 is 4.74 Å². The zero-order chi connectivity index (χ0) is 19.2. The number of pyridine rings is 1. The lowest BCUT2D eigenvalue weighted by Crippen LogP contribution is -2.36. The van der Waals surface area contributed by atoms with Gasteiger partial charge in [0.15, 0.2) is 0 Å². The molecule has 2 aromatic rings. The van der Waals surface area contributed by atoms with Gasteiger partial charge in [0.25, 0.3) is 0 Å². The van der Waals surface area contributed by atoms with Crippen LogP contribution in [0, 0.1) is 11.8 Å². The highest BCUT2D eigenvalue weighted by atomic mass is 16.5. The fourth-order valence-corrected chi connectivity index (χ4v) is 4.17. The molecule has 4 rings (SSSR count). The van der Waals surface area contributed by atoms with Crippen LogP contribution in [0.3, 0.4) is 0 Å². The van der Waals surface area contributed by atoms with Crippen LogP contribution in [0.2, 0.25) is 0 Å². The zero-order valence-corrected chi connectivity index (χ0v) is 16.8. The van der Waals surface area contributed by atoms with Crippen LogP contribution >= 0.6 is 0 Å². The van der Waals surface area contributed by atoms with Crippen molar-refractivity contribution in [1.82, 2.24) is 19.9 Å². The van der Waals surface area contributed by atoms with Crippen LogP contribution in [0.1, 0.15) is 38.2 Å². The Hall–Kier alpha value is -2.21. The molecule has 1 unspecified atom stereocenters. The summed E-state index contributed by atoms with van der Waals surface area (Å²) in [5.74, 6) is 2.96. The molecule has 150 valence electrons. The van der Waals surface area contributed by atoms with Crippen molar-refractivity contribution in [2.75, 3.05) is 37.7 Å². The monoisotopic (exact) mass is 381 g/mol. The first kappa shape index (κ1) is 19.1. The molecule has 0 saturated carbocycles. The Morgan fingerprint density at radius 3 is 2.57 bits per heavy atom. The molecule has 6 heteroatoms. The quantitative estimate of drug-likeness (QED) is 0.764. The zero-order valence-electron chi connectivity index (χ0n) is 16.8. The second-order valence-corrected chi connectivity index (χ2v) is 8.28. The number of hydrogen-bond donors (Lipinski definition) is 0. The van der Waals surface area contributed by atoms with Gasteiger partial charge in [-0.2, -0.15) is 0 Å². The van der Waals surface area contributed by atoms with E-state index in [2.05, 4.69) is 31.7 Å². The third-order valence-corrected chi connectivity index (χ3v) is 5.85. The average molecular weight is 382 g/mol.